The molecule has 0 fully saturated rings. The van der Waals surface area contributed by atoms with Crippen molar-refractivity contribution < 1.29 is 24.0 Å². The monoisotopic (exact) mass is 651 g/mol. The van der Waals surface area contributed by atoms with E-state index in [4.69, 9.17) is 0 Å². The SMILES string of the molecule is CCCCCC(=O)NCCCCC(NC(=O)C(CCCCNC(=O)CCCCC(C)C)NC(=O)CCCCC(C)C)C(=O)C(C)C. The van der Waals surface area contributed by atoms with Gasteiger partial charge in [-0.15, -0.1) is 0 Å². The summed E-state index contributed by atoms with van der Waals surface area (Å²) in [6.07, 6.45) is 14.0. The van der Waals surface area contributed by atoms with E-state index in [1.165, 1.54) is 0 Å². The fraction of sp³-hybridized carbons (Fsp3) is 0.865. The van der Waals surface area contributed by atoms with E-state index in [2.05, 4.69) is 55.9 Å². The molecule has 4 N–H and O–H groups in total. The van der Waals surface area contributed by atoms with Gasteiger partial charge in [-0.05, 0) is 69.6 Å². The second-order valence-electron chi connectivity index (χ2n) is 14.2. The molecule has 0 aliphatic carbocycles. The lowest BCUT2D eigenvalue weighted by atomic mass is 9.96. The third-order valence-electron chi connectivity index (χ3n) is 8.24. The molecule has 4 amide bonds. The van der Waals surface area contributed by atoms with E-state index in [1.807, 2.05) is 13.8 Å². The molecule has 0 saturated heterocycles. The summed E-state index contributed by atoms with van der Waals surface area (Å²) in [4.78, 5) is 63.5. The van der Waals surface area contributed by atoms with Crippen molar-refractivity contribution in [2.24, 2.45) is 17.8 Å². The average molecular weight is 651 g/mol. The first-order valence-electron chi connectivity index (χ1n) is 18.5. The molecular weight excluding hydrogens is 580 g/mol. The van der Waals surface area contributed by atoms with Gasteiger partial charge in [0.05, 0.1) is 6.04 Å². The minimum Gasteiger partial charge on any atom is -0.356 e. The Morgan fingerprint density at radius 2 is 0.913 bits per heavy atom. The molecule has 0 aromatic carbocycles. The maximum absolute atomic E-state index is 13.5. The molecule has 9 nitrogen and oxygen atoms in total. The van der Waals surface area contributed by atoms with Crippen LogP contribution in [-0.2, 0) is 24.0 Å². The first kappa shape index (κ1) is 43.5. The Balaban J connectivity index is 5.05. The summed E-state index contributed by atoms with van der Waals surface area (Å²) in [6.45, 7) is 15.5. The molecule has 2 atom stereocenters. The van der Waals surface area contributed by atoms with Crippen LogP contribution in [0.5, 0.6) is 0 Å². The Bertz CT molecular complexity index is 859. The first-order chi connectivity index (χ1) is 21.9. The highest BCUT2D eigenvalue weighted by Gasteiger charge is 2.27. The van der Waals surface area contributed by atoms with Gasteiger partial charge in [-0.1, -0.05) is 87.0 Å². The van der Waals surface area contributed by atoms with Gasteiger partial charge < -0.3 is 21.3 Å². The molecule has 46 heavy (non-hydrogen) atoms. The molecule has 268 valence electrons. The molecule has 2 unspecified atom stereocenters. The maximum atomic E-state index is 13.5. The number of Topliss-reactive ketones (excluding diaryl/α,β-unsaturated/α-hetero) is 1. The topological polar surface area (TPSA) is 133 Å². The van der Waals surface area contributed by atoms with Crippen molar-refractivity contribution in [1.82, 2.24) is 21.3 Å². The second kappa shape index (κ2) is 27.6. The summed E-state index contributed by atoms with van der Waals surface area (Å²) in [5.74, 6) is 0.567. The summed E-state index contributed by atoms with van der Waals surface area (Å²) in [5, 5.41) is 11.8. The molecule has 9 heteroatoms. The Labute approximate surface area is 281 Å². The fourth-order valence-electron chi connectivity index (χ4n) is 5.29. The van der Waals surface area contributed by atoms with Crippen LogP contribution >= 0.6 is 0 Å². The molecule has 0 aliphatic heterocycles. The van der Waals surface area contributed by atoms with Crippen molar-refractivity contribution in [2.45, 2.75) is 176 Å². The van der Waals surface area contributed by atoms with Gasteiger partial charge in [-0.25, -0.2) is 0 Å². The molecule has 0 spiro atoms. The largest absolute Gasteiger partial charge is 0.356 e. The second-order valence-corrected chi connectivity index (χ2v) is 14.2. The van der Waals surface area contributed by atoms with E-state index >= 15 is 0 Å². The van der Waals surface area contributed by atoms with Gasteiger partial charge in [-0.3, -0.25) is 24.0 Å². The summed E-state index contributed by atoms with van der Waals surface area (Å²) in [5.41, 5.74) is 0. The van der Waals surface area contributed by atoms with E-state index in [0.29, 0.717) is 76.3 Å². The van der Waals surface area contributed by atoms with Crippen molar-refractivity contribution in [3.8, 4) is 0 Å². The highest BCUT2D eigenvalue weighted by atomic mass is 16.2. The van der Waals surface area contributed by atoms with Crippen LogP contribution in [0.1, 0.15) is 164 Å². The zero-order valence-corrected chi connectivity index (χ0v) is 30.6. The first-order valence-corrected chi connectivity index (χ1v) is 18.5. The summed E-state index contributed by atoms with van der Waals surface area (Å²) in [7, 11) is 0. The highest BCUT2D eigenvalue weighted by Crippen LogP contribution is 2.12. The van der Waals surface area contributed by atoms with Gasteiger partial charge >= 0.3 is 0 Å². The average Bonchev–Trinajstić information content (AvgIpc) is 2.99. The van der Waals surface area contributed by atoms with Crippen LogP contribution in [-0.4, -0.2) is 54.6 Å². The number of rotatable bonds is 29. The van der Waals surface area contributed by atoms with Crippen LogP contribution in [0.15, 0.2) is 0 Å². The van der Waals surface area contributed by atoms with Gasteiger partial charge in [-0.2, -0.15) is 0 Å². The highest BCUT2D eigenvalue weighted by molar-refractivity contribution is 5.93. The summed E-state index contributed by atoms with van der Waals surface area (Å²) >= 11 is 0. The van der Waals surface area contributed by atoms with Crippen LogP contribution < -0.4 is 21.3 Å². The Hall–Kier alpha value is -2.45. The predicted molar refractivity (Wildman–Crippen MR) is 188 cm³/mol. The zero-order valence-electron chi connectivity index (χ0n) is 30.6. The Morgan fingerprint density at radius 3 is 1.37 bits per heavy atom. The van der Waals surface area contributed by atoms with Crippen molar-refractivity contribution in [2.75, 3.05) is 13.1 Å². The summed E-state index contributed by atoms with van der Waals surface area (Å²) in [6, 6.07) is -1.39. The van der Waals surface area contributed by atoms with E-state index in [9.17, 15) is 24.0 Å². The van der Waals surface area contributed by atoms with E-state index < -0.39 is 12.1 Å². The van der Waals surface area contributed by atoms with E-state index in [1.54, 1.807) is 0 Å². The molecule has 0 aromatic heterocycles. The third-order valence-corrected chi connectivity index (χ3v) is 8.24. The number of hydrogen-bond acceptors (Lipinski definition) is 5. The smallest absolute Gasteiger partial charge is 0.243 e. The molecule has 0 aliphatic rings. The van der Waals surface area contributed by atoms with Crippen molar-refractivity contribution in [1.29, 1.82) is 0 Å². The normalized spacial score (nSPS) is 12.7. The summed E-state index contributed by atoms with van der Waals surface area (Å²) < 4.78 is 0. The van der Waals surface area contributed by atoms with Gasteiger partial charge in [0, 0.05) is 38.3 Å². The Kier molecular flexibility index (Phi) is 26.2. The minimum absolute atomic E-state index is 0.0354. The maximum Gasteiger partial charge on any atom is 0.243 e. The zero-order chi connectivity index (χ0) is 34.7. The van der Waals surface area contributed by atoms with Crippen LogP contribution in [0.25, 0.3) is 0 Å². The fourth-order valence-corrected chi connectivity index (χ4v) is 5.29. The van der Waals surface area contributed by atoms with Crippen molar-refractivity contribution >= 4 is 29.4 Å². The van der Waals surface area contributed by atoms with Crippen LogP contribution in [0, 0.1) is 17.8 Å². The van der Waals surface area contributed by atoms with Crippen molar-refractivity contribution in [3.63, 3.8) is 0 Å². The molecule has 0 saturated carbocycles. The molecule has 0 aromatic rings. The number of unbranched alkanes of at least 4 members (excludes halogenated alkanes) is 6. The molecule has 0 radical (unpaired) electrons. The number of ketones is 1. The number of amides is 4. The predicted octanol–water partition coefficient (Wildman–Crippen LogP) is 6.77. The van der Waals surface area contributed by atoms with E-state index in [-0.39, 0.29) is 35.3 Å². The van der Waals surface area contributed by atoms with Crippen LogP contribution in [0.3, 0.4) is 0 Å². The number of carbonyl (C=O) groups excluding carboxylic acids is 5. The minimum atomic E-state index is -0.741. The molecule has 0 heterocycles. The van der Waals surface area contributed by atoms with Gasteiger partial charge in [0.1, 0.15) is 6.04 Å². The lowest BCUT2D eigenvalue weighted by Crippen LogP contribution is -2.52. The Morgan fingerprint density at radius 1 is 0.478 bits per heavy atom. The lowest BCUT2D eigenvalue weighted by Gasteiger charge is -2.24. The molecule has 0 rings (SSSR count). The van der Waals surface area contributed by atoms with Gasteiger partial charge in [0.15, 0.2) is 5.78 Å². The standard InChI is InChI=1S/C37H70N4O5/c1-8-9-10-23-33(42)38-26-17-15-21-31(36(45)30(6)7)41-37(46)32(40-35(44)25-14-12-20-29(4)5)22-16-18-27-39-34(43)24-13-11-19-28(2)3/h28-32H,8-27H2,1-7H3,(H,38,42)(H,39,43)(H,40,44)(H,41,46). The number of carbonyl (C=O) groups is 5. The van der Waals surface area contributed by atoms with Crippen molar-refractivity contribution in [3.05, 3.63) is 0 Å². The van der Waals surface area contributed by atoms with Gasteiger partial charge in [0.25, 0.3) is 0 Å². The number of nitrogens with one attached hydrogen (secondary N) is 4. The van der Waals surface area contributed by atoms with Gasteiger partial charge in [0.2, 0.25) is 23.6 Å². The third kappa shape index (κ3) is 24.7. The lowest BCUT2D eigenvalue weighted by molar-refractivity contribution is -0.132. The van der Waals surface area contributed by atoms with Crippen LogP contribution in [0.4, 0.5) is 0 Å². The van der Waals surface area contributed by atoms with E-state index in [0.717, 1.165) is 64.2 Å². The number of hydrogen-bond donors (Lipinski definition) is 4. The molecular formula is C37H70N4O5. The molecule has 0 bridgehead atoms. The van der Waals surface area contributed by atoms with Crippen LogP contribution in [0.2, 0.25) is 0 Å². The quantitative estimate of drug-likeness (QED) is 0.0664.